The number of ether oxygens (including phenoxy) is 1. The summed E-state index contributed by atoms with van der Waals surface area (Å²) in [5.74, 6) is 1.93. The molecule has 2 aromatic rings. The van der Waals surface area contributed by atoms with Crippen LogP contribution in [0.2, 0.25) is 0 Å². The number of hydrogen-bond acceptors (Lipinski definition) is 4. The van der Waals surface area contributed by atoms with Gasteiger partial charge in [-0.3, -0.25) is 0 Å². The second-order valence-electron chi connectivity index (χ2n) is 3.44. The number of phenols is 1. The molecule has 0 spiro atoms. The van der Waals surface area contributed by atoms with Gasteiger partial charge in [0.1, 0.15) is 17.3 Å². The molecule has 0 aliphatic carbocycles. The predicted octanol–water partition coefficient (Wildman–Crippen LogP) is 2.59. The topological polar surface area (TPSA) is 55.2 Å². The summed E-state index contributed by atoms with van der Waals surface area (Å²) >= 11 is 0. The lowest BCUT2D eigenvalue weighted by Gasteiger charge is -2.08. The molecule has 0 bridgehead atoms. The number of benzene rings is 1. The van der Waals surface area contributed by atoms with Crippen molar-refractivity contribution in [2.75, 3.05) is 0 Å². The van der Waals surface area contributed by atoms with E-state index in [0.717, 1.165) is 0 Å². The van der Waals surface area contributed by atoms with Crippen molar-refractivity contribution in [3.05, 3.63) is 41.9 Å². The SMILES string of the molecule is Cc1nccc(Oc2cccc(O)c2C)n1. The highest BCUT2D eigenvalue weighted by atomic mass is 16.5. The van der Waals surface area contributed by atoms with Gasteiger partial charge in [-0.05, 0) is 26.0 Å². The van der Waals surface area contributed by atoms with Crippen LogP contribution in [0.3, 0.4) is 0 Å². The molecule has 0 amide bonds. The average Bonchev–Trinajstić information content (AvgIpc) is 2.25. The van der Waals surface area contributed by atoms with Gasteiger partial charge in [0.05, 0.1) is 0 Å². The van der Waals surface area contributed by atoms with E-state index in [-0.39, 0.29) is 5.75 Å². The van der Waals surface area contributed by atoms with Crippen molar-refractivity contribution in [1.29, 1.82) is 0 Å². The summed E-state index contributed by atoms with van der Waals surface area (Å²) < 4.78 is 5.56. The number of rotatable bonds is 2. The number of hydrogen-bond donors (Lipinski definition) is 1. The third-order valence-electron chi connectivity index (χ3n) is 2.22. The van der Waals surface area contributed by atoms with Crippen LogP contribution in [-0.2, 0) is 0 Å². The molecule has 0 saturated heterocycles. The van der Waals surface area contributed by atoms with E-state index in [9.17, 15) is 5.11 Å². The Kier molecular flexibility index (Phi) is 2.72. The second-order valence-corrected chi connectivity index (χ2v) is 3.44. The number of aryl methyl sites for hydroxylation is 1. The Morgan fingerprint density at radius 2 is 2.00 bits per heavy atom. The van der Waals surface area contributed by atoms with Gasteiger partial charge in [0, 0.05) is 17.8 Å². The Morgan fingerprint density at radius 1 is 1.19 bits per heavy atom. The first-order valence-electron chi connectivity index (χ1n) is 4.93. The molecule has 1 aromatic carbocycles. The summed E-state index contributed by atoms with van der Waals surface area (Å²) in [6, 6.07) is 6.81. The lowest BCUT2D eigenvalue weighted by molar-refractivity contribution is 0.437. The smallest absolute Gasteiger partial charge is 0.222 e. The minimum Gasteiger partial charge on any atom is -0.508 e. The van der Waals surface area contributed by atoms with Crippen LogP contribution in [0, 0.1) is 13.8 Å². The zero-order chi connectivity index (χ0) is 11.5. The van der Waals surface area contributed by atoms with Crippen molar-refractivity contribution in [2.45, 2.75) is 13.8 Å². The summed E-state index contributed by atoms with van der Waals surface area (Å²) in [5.41, 5.74) is 0.693. The highest BCUT2D eigenvalue weighted by Gasteiger charge is 2.05. The monoisotopic (exact) mass is 216 g/mol. The van der Waals surface area contributed by atoms with E-state index >= 15 is 0 Å². The number of aromatic nitrogens is 2. The first kappa shape index (κ1) is 10.4. The molecule has 1 aromatic heterocycles. The van der Waals surface area contributed by atoms with E-state index in [2.05, 4.69) is 9.97 Å². The van der Waals surface area contributed by atoms with Crippen molar-refractivity contribution in [3.8, 4) is 17.4 Å². The fourth-order valence-electron chi connectivity index (χ4n) is 1.32. The fraction of sp³-hybridized carbons (Fsp3) is 0.167. The van der Waals surface area contributed by atoms with Crippen LogP contribution >= 0.6 is 0 Å². The summed E-state index contributed by atoms with van der Waals surface area (Å²) in [6.45, 7) is 3.58. The molecule has 0 radical (unpaired) electrons. The van der Waals surface area contributed by atoms with Gasteiger partial charge >= 0.3 is 0 Å². The molecule has 0 aliphatic rings. The zero-order valence-corrected chi connectivity index (χ0v) is 9.14. The Hall–Kier alpha value is -2.10. The van der Waals surface area contributed by atoms with Gasteiger partial charge in [-0.1, -0.05) is 6.07 Å². The van der Waals surface area contributed by atoms with Gasteiger partial charge in [0.2, 0.25) is 5.88 Å². The van der Waals surface area contributed by atoms with Crippen molar-refractivity contribution >= 4 is 0 Å². The summed E-state index contributed by atoms with van der Waals surface area (Å²) in [6.07, 6.45) is 1.63. The molecular formula is C12H12N2O2. The number of nitrogens with zero attached hydrogens (tertiary/aromatic N) is 2. The molecule has 0 fully saturated rings. The maximum Gasteiger partial charge on any atom is 0.222 e. The lowest BCUT2D eigenvalue weighted by atomic mass is 10.2. The van der Waals surface area contributed by atoms with Gasteiger partial charge in [-0.15, -0.1) is 0 Å². The van der Waals surface area contributed by atoms with E-state index in [1.165, 1.54) is 0 Å². The lowest BCUT2D eigenvalue weighted by Crippen LogP contribution is -1.93. The minimum absolute atomic E-state index is 0.211. The minimum atomic E-state index is 0.211. The van der Waals surface area contributed by atoms with Crippen LogP contribution < -0.4 is 4.74 Å². The fourth-order valence-corrected chi connectivity index (χ4v) is 1.32. The zero-order valence-electron chi connectivity index (χ0n) is 9.14. The molecule has 1 N–H and O–H groups in total. The Morgan fingerprint density at radius 3 is 2.75 bits per heavy atom. The van der Waals surface area contributed by atoms with Crippen LogP contribution in [0.15, 0.2) is 30.5 Å². The van der Waals surface area contributed by atoms with Crippen LogP contribution in [-0.4, -0.2) is 15.1 Å². The van der Waals surface area contributed by atoms with Gasteiger partial charge in [-0.2, -0.15) is 4.98 Å². The molecule has 82 valence electrons. The largest absolute Gasteiger partial charge is 0.508 e. The second kappa shape index (κ2) is 4.18. The first-order valence-corrected chi connectivity index (χ1v) is 4.93. The summed E-state index contributed by atoms with van der Waals surface area (Å²) in [7, 11) is 0. The Bertz CT molecular complexity index is 512. The third-order valence-corrected chi connectivity index (χ3v) is 2.22. The van der Waals surface area contributed by atoms with E-state index < -0.39 is 0 Å². The van der Waals surface area contributed by atoms with Crippen molar-refractivity contribution in [3.63, 3.8) is 0 Å². The van der Waals surface area contributed by atoms with Crippen molar-refractivity contribution in [2.24, 2.45) is 0 Å². The van der Waals surface area contributed by atoms with E-state index in [1.54, 1.807) is 44.3 Å². The van der Waals surface area contributed by atoms with Gasteiger partial charge in [0.25, 0.3) is 0 Å². The molecule has 0 unspecified atom stereocenters. The highest BCUT2D eigenvalue weighted by molar-refractivity contribution is 5.43. The van der Waals surface area contributed by atoms with Crippen LogP contribution in [0.1, 0.15) is 11.4 Å². The number of phenolic OH excluding ortho intramolecular Hbond substituents is 1. The Labute approximate surface area is 93.6 Å². The Balaban J connectivity index is 2.31. The molecule has 4 nitrogen and oxygen atoms in total. The molecular weight excluding hydrogens is 204 g/mol. The average molecular weight is 216 g/mol. The first-order chi connectivity index (χ1) is 7.66. The van der Waals surface area contributed by atoms with Crippen molar-refractivity contribution < 1.29 is 9.84 Å². The van der Waals surface area contributed by atoms with Gasteiger partial charge < -0.3 is 9.84 Å². The maximum absolute atomic E-state index is 9.52. The molecule has 16 heavy (non-hydrogen) atoms. The maximum atomic E-state index is 9.52. The third kappa shape index (κ3) is 2.11. The molecule has 2 rings (SSSR count). The van der Waals surface area contributed by atoms with E-state index in [1.807, 2.05) is 0 Å². The molecule has 4 heteroatoms. The van der Waals surface area contributed by atoms with Crippen molar-refractivity contribution in [1.82, 2.24) is 9.97 Å². The van der Waals surface area contributed by atoms with Crippen LogP contribution in [0.4, 0.5) is 0 Å². The normalized spacial score (nSPS) is 10.1. The standard InChI is InChI=1S/C12H12N2O2/c1-8-10(15)4-3-5-11(8)16-12-6-7-13-9(2)14-12/h3-7,15H,1-2H3. The molecule has 0 aliphatic heterocycles. The molecule has 0 saturated carbocycles. The van der Waals surface area contributed by atoms with E-state index in [0.29, 0.717) is 23.0 Å². The quantitative estimate of drug-likeness (QED) is 0.838. The summed E-state index contributed by atoms with van der Waals surface area (Å²) in [5, 5.41) is 9.52. The predicted molar refractivity (Wildman–Crippen MR) is 59.7 cm³/mol. The highest BCUT2D eigenvalue weighted by Crippen LogP contribution is 2.29. The van der Waals surface area contributed by atoms with Gasteiger partial charge in [0.15, 0.2) is 0 Å². The van der Waals surface area contributed by atoms with E-state index in [4.69, 9.17) is 4.74 Å². The molecule has 0 atom stereocenters. The van der Waals surface area contributed by atoms with Crippen LogP contribution in [0.5, 0.6) is 17.4 Å². The molecule has 1 heterocycles. The van der Waals surface area contributed by atoms with Gasteiger partial charge in [-0.25, -0.2) is 4.98 Å². The summed E-state index contributed by atoms with van der Waals surface area (Å²) in [4.78, 5) is 8.11. The number of aromatic hydroxyl groups is 1. The van der Waals surface area contributed by atoms with Crippen LogP contribution in [0.25, 0.3) is 0 Å².